The molecule has 1 saturated heterocycles. The number of cyclic esters (lactones) is 1. The highest BCUT2D eigenvalue weighted by Crippen LogP contribution is 2.35. The van der Waals surface area contributed by atoms with Crippen molar-refractivity contribution in [3.05, 3.63) is 131 Å². The summed E-state index contributed by atoms with van der Waals surface area (Å²) in [5.41, 5.74) is 3.09. The Hall–Kier alpha value is -5.18. The van der Waals surface area contributed by atoms with Gasteiger partial charge in [-0.25, -0.2) is 9.18 Å². The van der Waals surface area contributed by atoms with Gasteiger partial charge in [0.1, 0.15) is 11.6 Å². The molecule has 2 N–H and O–H groups in total. The summed E-state index contributed by atoms with van der Waals surface area (Å²) in [6.07, 6.45) is -1.50. The first kappa shape index (κ1) is 27.4. The molecular weight excluding hydrogens is 525 g/mol. The Balaban J connectivity index is 1.36. The Morgan fingerprint density at radius 3 is 2.32 bits per heavy atom. The van der Waals surface area contributed by atoms with Crippen molar-refractivity contribution < 1.29 is 28.2 Å². The molecule has 4 aromatic rings. The third kappa shape index (κ3) is 6.52. The minimum absolute atomic E-state index is 0.141. The number of ether oxygens (including phenoxy) is 2. The Morgan fingerprint density at radius 2 is 1.61 bits per heavy atom. The van der Waals surface area contributed by atoms with Crippen molar-refractivity contribution in [3.8, 4) is 5.75 Å². The minimum atomic E-state index is -0.947. The number of halogens is 1. The van der Waals surface area contributed by atoms with Gasteiger partial charge in [0, 0.05) is 17.8 Å². The first-order valence-corrected chi connectivity index (χ1v) is 13.0. The Labute approximate surface area is 236 Å². The van der Waals surface area contributed by atoms with Crippen molar-refractivity contribution >= 4 is 23.6 Å². The number of hydrogen-bond acceptors (Lipinski definition) is 5. The number of amides is 3. The van der Waals surface area contributed by atoms with Crippen LogP contribution < -0.4 is 15.4 Å². The first-order chi connectivity index (χ1) is 19.9. The van der Waals surface area contributed by atoms with Gasteiger partial charge < -0.3 is 20.1 Å². The van der Waals surface area contributed by atoms with Crippen LogP contribution in [0.1, 0.15) is 33.2 Å². The van der Waals surface area contributed by atoms with Crippen molar-refractivity contribution in [3.63, 3.8) is 0 Å². The summed E-state index contributed by atoms with van der Waals surface area (Å²) in [5.74, 6) is -0.552. The molecule has 8 nitrogen and oxygen atoms in total. The number of methoxy groups -OCH3 is 1. The van der Waals surface area contributed by atoms with Crippen molar-refractivity contribution in [2.75, 3.05) is 12.4 Å². The van der Waals surface area contributed by atoms with Crippen LogP contribution >= 0.6 is 0 Å². The van der Waals surface area contributed by atoms with Gasteiger partial charge in [-0.2, -0.15) is 0 Å². The van der Waals surface area contributed by atoms with Gasteiger partial charge in [-0.1, -0.05) is 54.6 Å². The van der Waals surface area contributed by atoms with E-state index in [0.717, 1.165) is 11.1 Å². The SMILES string of the molecule is COc1cccc(CN2C(=O)O[C@H](c3ccc(NC(=O)c4ccc(F)cc4)cc3)[C@H]2C(=O)NCc2ccccc2)c1. The molecule has 0 bridgehead atoms. The van der Waals surface area contributed by atoms with Crippen LogP contribution in [-0.2, 0) is 22.6 Å². The maximum atomic E-state index is 13.6. The fourth-order valence-corrected chi connectivity index (χ4v) is 4.63. The molecule has 1 fully saturated rings. The van der Waals surface area contributed by atoms with Crippen LogP contribution in [0.5, 0.6) is 5.75 Å². The molecule has 0 aromatic heterocycles. The highest BCUT2D eigenvalue weighted by atomic mass is 19.1. The summed E-state index contributed by atoms with van der Waals surface area (Å²) < 4.78 is 24.3. The molecule has 208 valence electrons. The lowest BCUT2D eigenvalue weighted by Crippen LogP contribution is -2.46. The number of carbonyl (C=O) groups excluding carboxylic acids is 3. The molecule has 3 amide bonds. The van der Waals surface area contributed by atoms with Crippen LogP contribution in [0, 0.1) is 5.82 Å². The van der Waals surface area contributed by atoms with Crippen LogP contribution in [0.2, 0.25) is 0 Å². The zero-order valence-corrected chi connectivity index (χ0v) is 22.3. The second-order valence-corrected chi connectivity index (χ2v) is 9.52. The maximum absolute atomic E-state index is 13.6. The van der Waals surface area contributed by atoms with Crippen molar-refractivity contribution in [1.29, 1.82) is 0 Å². The monoisotopic (exact) mass is 553 g/mol. The molecular formula is C32H28FN3O5. The summed E-state index contributed by atoms with van der Waals surface area (Å²) in [5, 5.41) is 5.70. The van der Waals surface area contributed by atoms with Crippen molar-refractivity contribution in [2.24, 2.45) is 0 Å². The van der Waals surface area contributed by atoms with Gasteiger partial charge in [0.2, 0.25) is 5.91 Å². The van der Waals surface area contributed by atoms with Crippen molar-refractivity contribution in [2.45, 2.75) is 25.2 Å². The Bertz CT molecular complexity index is 1530. The predicted molar refractivity (Wildman–Crippen MR) is 151 cm³/mol. The lowest BCUT2D eigenvalue weighted by atomic mass is 10.00. The predicted octanol–water partition coefficient (Wildman–Crippen LogP) is 5.47. The van der Waals surface area contributed by atoms with Gasteiger partial charge in [-0.3, -0.25) is 14.5 Å². The van der Waals surface area contributed by atoms with Gasteiger partial charge >= 0.3 is 6.09 Å². The van der Waals surface area contributed by atoms with E-state index in [2.05, 4.69) is 10.6 Å². The molecule has 0 spiro atoms. The van der Waals surface area contributed by atoms with Crippen LogP contribution in [0.3, 0.4) is 0 Å². The largest absolute Gasteiger partial charge is 0.497 e. The second kappa shape index (κ2) is 12.3. The van der Waals surface area contributed by atoms with E-state index in [9.17, 15) is 18.8 Å². The lowest BCUT2D eigenvalue weighted by Gasteiger charge is -2.24. The zero-order valence-electron chi connectivity index (χ0n) is 22.3. The number of nitrogens with one attached hydrogen (secondary N) is 2. The topological polar surface area (TPSA) is 97.0 Å². The number of carbonyl (C=O) groups is 3. The van der Waals surface area contributed by atoms with E-state index in [1.54, 1.807) is 43.5 Å². The van der Waals surface area contributed by atoms with Crippen LogP contribution in [0.4, 0.5) is 14.9 Å². The molecule has 0 saturated carbocycles. The third-order valence-corrected chi connectivity index (χ3v) is 6.75. The third-order valence-electron chi connectivity index (χ3n) is 6.75. The molecule has 0 unspecified atom stereocenters. The highest BCUT2D eigenvalue weighted by molar-refractivity contribution is 6.04. The Kier molecular flexibility index (Phi) is 8.24. The summed E-state index contributed by atoms with van der Waals surface area (Å²) in [7, 11) is 1.56. The molecule has 9 heteroatoms. The standard InChI is InChI=1S/C32H28FN3O5/c1-40-27-9-5-8-22(18-27)20-36-28(31(38)34-19-21-6-3-2-4-7-21)29(41-32(36)39)23-12-16-26(17-13-23)35-30(37)24-10-14-25(33)15-11-24/h2-18,28-29H,19-20H2,1H3,(H,34,38)(H,35,37)/t28-,29+/m0/s1. The van der Waals surface area contributed by atoms with Crippen LogP contribution in [0.15, 0.2) is 103 Å². The molecule has 1 aliphatic rings. The van der Waals surface area contributed by atoms with E-state index < -0.39 is 30.0 Å². The van der Waals surface area contributed by atoms with Gasteiger partial charge in [0.25, 0.3) is 5.91 Å². The van der Waals surface area contributed by atoms with Crippen molar-refractivity contribution in [1.82, 2.24) is 10.2 Å². The molecule has 2 atom stereocenters. The lowest BCUT2D eigenvalue weighted by molar-refractivity contribution is -0.126. The molecule has 1 heterocycles. The molecule has 4 aromatic carbocycles. The summed E-state index contributed by atoms with van der Waals surface area (Å²) >= 11 is 0. The summed E-state index contributed by atoms with van der Waals surface area (Å²) in [6, 6.07) is 27.7. The maximum Gasteiger partial charge on any atom is 0.411 e. The smallest absolute Gasteiger partial charge is 0.411 e. The Morgan fingerprint density at radius 1 is 0.902 bits per heavy atom. The summed E-state index contributed by atoms with van der Waals surface area (Å²) in [6.45, 7) is 0.431. The average Bonchev–Trinajstić information content (AvgIpc) is 3.32. The van der Waals surface area contributed by atoms with Crippen LogP contribution in [0.25, 0.3) is 0 Å². The minimum Gasteiger partial charge on any atom is -0.497 e. The quantitative estimate of drug-likeness (QED) is 0.287. The number of hydrogen-bond donors (Lipinski definition) is 2. The second-order valence-electron chi connectivity index (χ2n) is 9.52. The number of anilines is 1. The number of nitrogens with zero attached hydrogens (tertiary/aromatic N) is 1. The van der Waals surface area contributed by atoms with E-state index in [-0.39, 0.29) is 12.5 Å². The van der Waals surface area contributed by atoms with Crippen LogP contribution in [-0.4, -0.2) is 36.0 Å². The number of rotatable bonds is 9. The van der Waals surface area contributed by atoms with Gasteiger partial charge in [-0.05, 0) is 65.2 Å². The van der Waals surface area contributed by atoms with E-state index in [1.807, 2.05) is 42.5 Å². The van der Waals surface area contributed by atoms with E-state index in [4.69, 9.17) is 9.47 Å². The van der Waals surface area contributed by atoms with Gasteiger partial charge in [0.05, 0.1) is 13.7 Å². The molecule has 0 radical (unpaired) electrons. The fraction of sp³-hybridized carbons (Fsp3) is 0.156. The van der Waals surface area contributed by atoms with Gasteiger partial charge in [0.15, 0.2) is 12.1 Å². The highest BCUT2D eigenvalue weighted by Gasteiger charge is 2.47. The van der Waals surface area contributed by atoms with E-state index in [0.29, 0.717) is 29.1 Å². The number of benzene rings is 4. The normalized spacial score (nSPS) is 16.1. The van der Waals surface area contributed by atoms with E-state index in [1.165, 1.54) is 29.2 Å². The summed E-state index contributed by atoms with van der Waals surface area (Å²) in [4.78, 5) is 40.6. The fourth-order valence-electron chi connectivity index (χ4n) is 4.63. The first-order valence-electron chi connectivity index (χ1n) is 13.0. The van der Waals surface area contributed by atoms with E-state index >= 15 is 0 Å². The average molecular weight is 554 g/mol. The zero-order chi connectivity index (χ0) is 28.8. The molecule has 1 aliphatic heterocycles. The molecule has 0 aliphatic carbocycles. The molecule has 41 heavy (non-hydrogen) atoms. The molecule has 5 rings (SSSR count). The van der Waals surface area contributed by atoms with Gasteiger partial charge in [-0.15, -0.1) is 0 Å².